The zero-order valence-corrected chi connectivity index (χ0v) is 17.0. The first kappa shape index (κ1) is 18.7. The lowest BCUT2D eigenvalue weighted by molar-refractivity contribution is -0.203. The maximum atomic E-state index is 5.97. The summed E-state index contributed by atoms with van der Waals surface area (Å²) < 4.78 is 13.2. The highest BCUT2D eigenvalue weighted by atomic mass is 127. The maximum absolute atomic E-state index is 5.97. The standard InChI is InChI=1S/C21H31IO2/c1-16-2-4-17(5-3-16)6-7-19-14-23-21(24-15-19)13-10-18-8-11-20(22)12-9-18/h8-9,11-12,16-17,19,21H,2-7,10,13-15H2,1H3. The quantitative estimate of drug-likeness (QED) is 0.517. The average Bonchev–Trinajstić information content (AvgIpc) is 2.62. The highest BCUT2D eigenvalue weighted by Gasteiger charge is 2.24. The van der Waals surface area contributed by atoms with Crippen LogP contribution in [-0.2, 0) is 15.9 Å². The molecule has 2 aliphatic rings. The predicted molar refractivity (Wildman–Crippen MR) is 107 cm³/mol. The van der Waals surface area contributed by atoms with Crippen LogP contribution in [0.25, 0.3) is 0 Å². The van der Waals surface area contributed by atoms with Gasteiger partial charge in [-0.1, -0.05) is 51.2 Å². The number of benzene rings is 1. The van der Waals surface area contributed by atoms with Crippen LogP contribution in [0.15, 0.2) is 24.3 Å². The number of aryl methyl sites for hydroxylation is 1. The highest BCUT2D eigenvalue weighted by Crippen LogP contribution is 2.32. The van der Waals surface area contributed by atoms with E-state index in [1.165, 1.54) is 47.7 Å². The maximum Gasteiger partial charge on any atom is 0.157 e. The lowest BCUT2D eigenvalue weighted by Crippen LogP contribution is -2.32. The Kier molecular flexibility index (Phi) is 7.41. The molecule has 0 amide bonds. The third-order valence-electron chi connectivity index (χ3n) is 5.74. The number of ether oxygens (including phenoxy) is 2. The molecule has 1 saturated carbocycles. The Labute approximate surface area is 160 Å². The van der Waals surface area contributed by atoms with E-state index in [1.807, 2.05) is 0 Å². The minimum atomic E-state index is -0.00365. The summed E-state index contributed by atoms with van der Waals surface area (Å²) in [6, 6.07) is 8.75. The Morgan fingerprint density at radius 1 is 0.875 bits per heavy atom. The normalized spacial score (nSPS) is 31.1. The molecule has 2 nitrogen and oxygen atoms in total. The number of halogens is 1. The fraction of sp³-hybridized carbons (Fsp3) is 0.714. The van der Waals surface area contributed by atoms with Crippen LogP contribution in [0.5, 0.6) is 0 Å². The zero-order chi connectivity index (χ0) is 16.8. The molecule has 3 rings (SSSR count). The van der Waals surface area contributed by atoms with Crippen molar-refractivity contribution in [2.24, 2.45) is 17.8 Å². The van der Waals surface area contributed by atoms with E-state index in [1.54, 1.807) is 0 Å². The largest absolute Gasteiger partial charge is 0.352 e. The summed E-state index contributed by atoms with van der Waals surface area (Å²) in [6.45, 7) is 4.18. The summed E-state index contributed by atoms with van der Waals surface area (Å²) in [7, 11) is 0. The second-order valence-corrected chi connectivity index (χ2v) is 9.08. The van der Waals surface area contributed by atoms with Crippen molar-refractivity contribution in [1.82, 2.24) is 0 Å². The Hall–Kier alpha value is -0.130. The first-order valence-corrected chi connectivity index (χ1v) is 10.7. The van der Waals surface area contributed by atoms with Gasteiger partial charge in [0.1, 0.15) is 0 Å². The molecule has 0 bridgehead atoms. The lowest BCUT2D eigenvalue weighted by atomic mass is 9.80. The summed E-state index contributed by atoms with van der Waals surface area (Å²) in [4.78, 5) is 0. The molecule has 134 valence electrons. The van der Waals surface area contributed by atoms with E-state index in [2.05, 4.69) is 53.8 Å². The van der Waals surface area contributed by atoms with Crippen molar-refractivity contribution in [2.75, 3.05) is 13.2 Å². The summed E-state index contributed by atoms with van der Waals surface area (Å²) in [5, 5.41) is 0. The minimum absolute atomic E-state index is 0.00365. The van der Waals surface area contributed by atoms with Crippen molar-refractivity contribution < 1.29 is 9.47 Å². The van der Waals surface area contributed by atoms with Gasteiger partial charge in [-0.2, -0.15) is 0 Å². The number of rotatable bonds is 6. The van der Waals surface area contributed by atoms with Crippen molar-refractivity contribution in [1.29, 1.82) is 0 Å². The van der Waals surface area contributed by atoms with Crippen molar-refractivity contribution >= 4 is 22.6 Å². The molecule has 1 heterocycles. The van der Waals surface area contributed by atoms with Crippen LogP contribution in [-0.4, -0.2) is 19.5 Å². The van der Waals surface area contributed by atoms with Gasteiger partial charge >= 0.3 is 0 Å². The monoisotopic (exact) mass is 442 g/mol. The molecule has 1 saturated heterocycles. The molecular formula is C21H31IO2. The first-order valence-electron chi connectivity index (χ1n) is 9.66. The van der Waals surface area contributed by atoms with E-state index in [0.717, 1.165) is 37.9 Å². The van der Waals surface area contributed by atoms with Gasteiger partial charge in [-0.15, -0.1) is 0 Å². The molecule has 1 aromatic rings. The van der Waals surface area contributed by atoms with Crippen molar-refractivity contribution in [2.45, 2.75) is 64.6 Å². The zero-order valence-electron chi connectivity index (χ0n) is 14.9. The Morgan fingerprint density at radius 3 is 2.17 bits per heavy atom. The van der Waals surface area contributed by atoms with Crippen LogP contribution in [0.2, 0.25) is 0 Å². The van der Waals surface area contributed by atoms with Gasteiger partial charge in [0, 0.05) is 15.9 Å². The minimum Gasteiger partial charge on any atom is -0.352 e. The first-order chi connectivity index (χ1) is 11.7. The summed E-state index contributed by atoms with van der Waals surface area (Å²) in [6.07, 6.45) is 10.4. The van der Waals surface area contributed by atoms with Crippen molar-refractivity contribution in [3.05, 3.63) is 33.4 Å². The predicted octanol–water partition coefficient (Wildman–Crippen LogP) is 5.82. The molecule has 24 heavy (non-hydrogen) atoms. The number of hydrogen-bond donors (Lipinski definition) is 0. The van der Waals surface area contributed by atoms with Crippen molar-refractivity contribution in [3.63, 3.8) is 0 Å². The second kappa shape index (κ2) is 9.54. The SMILES string of the molecule is CC1CCC(CCC2COC(CCc3ccc(I)cc3)OC2)CC1. The van der Waals surface area contributed by atoms with E-state index >= 15 is 0 Å². The molecule has 1 aliphatic carbocycles. The van der Waals surface area contributed by atoms with Crippen LogP contribution < -0.4 is 0 Å². The van der Waals surface area contributed by atoms with Crippen LogP contribution in [0.3, 0.4) is 0 Å². The van der Waals surface area contributed by atoms with Gasteiger partial charge in [0.15, 0.2) is 6.29 Å². The van der Waals surface area contributed by atoms with Gasteiger partial charge in [0.05, 0.1) is 13.2 Å². The van der Waals surface area contributed by atoms with Gasteiger partial charge in [0.2, 0.25) is 0 Å². The summed E-state index contributed by atoms with van der Waals surface area (Å²) in [5.74, 6) is 2.52. The molecule has 0 atom stereocenters. The topological polar surface area (TPSA) is 18.5 Å². The molecule has 0 N–H and O–H groups in total. The summed E-state index contributed by atoms with van der Waals surface area (Å²) >= 11 is 2.35. The van der Waals surface area contributed by atoms with Crippen LogP contribution >= 0.6 is 22.6 Å². The third kappa shape index (κ3) is 5.99. The van der Waals surface area contributed by atoms with Crippen molar-refractivity contribution in [3.8, 4) is 0 Å². The Balaban J connectivity index is 1.30. The van der Waals surface area contributed by atoms with Gasteiger partial charge in [-0.25, -0.2) is 0 Å². The molecule has 3 heteroatoms. The van der Waals surface area contributed by atoms with Gasteiger partial charge in [-0.3, -0.25) is 0 Å². The second-order valence-electron chi connectivity index (χ2n) is 7.83. The van der Waals surface area contributed by atoms with Crippen LogP contribution in [0, 0.1) is 21.3 Å². The van der Waals surface area contributed by atoms with Gasteiger partial charge in [-0.05, 0) is 65.0 Å². The van der Waals surface area contributed by atoms with Crippen LogP contribution in [0.4, 0.5) is 0 Å². The Bertz CT molecular complexity index is 471. The fourth-order valence-corrected chi connectivity index (χ4v) is 4.30. The smallest absolute Gasteiger partial charge is 0.157 e. The molecule has 1 aromatic carbocycles. The molecule has 0 unspecified atom stereocenters. The van der Waals surface area contributed by atoms with E-state index in [4.69, 9.17) is 9.47 Å². The van der Waals surface area contributed by atoms with E-state index in [-0.39, 0.29) is 6.29 Å². The molecule has 0 aromatic heterocycles. The molecule has 0 spiro atoms. The van der Waals surface area contributed by atoms with Gasteiger partial charge in [0.25, 0.3) is 0 Å². The molecular weight excluding hydrogens is 411 g/mol. The van der Waals surface area contributed by atoms with E-state index < -0.39 is 0 Å². The van der Waals surface area contributed by atoms with E-state index in [9.17, 15) is 0 Å². The van der Waals surface area contributed by atoms with Gasteiger partial charge < -0.3 is 9.47 Å². The third-order valence-corrected chi connectivity index (χ3v) is 6.46. The Morgan fingerprint density at radius 2 is 1.50 bits per heavy atom. The molecule has 0 radical (unpaired) electrons. The van der Waals surface area contributed by atoms with Crippen LogP contribution in [0.1, 0.15) is 57.4 Å². The molecule has 1 aliphatic heterocycles. The fourth-order valence-electron chi connectivity index (χ4n) is 3.94. The highest BCUT2D eigenvalue weighted by molar-refractivity contribution is 14.1. The lowest BCUT2D eigenvalue weighted by Gasteiger charge is -2.31. The molecule has 2 fully saturated rings. The summed E-state index contributed by atoms with van der Waals surface area (Å²) in [5.41, 5.74) is 1.37. The van der Waals surface area contributed by atoms with E-state index in [0.29, 0.717) is 5.92 Å². The number of hydrogen-bond acceptors (Lipinski definition) is 2. The average molecular weight is 442 g/mol.